The molecule has 0 fully saturated rings. The molecule has 2 aromatic rings. The largest absolute Gasteiger partial charge is 0.338 e. The van der Waals surface area contributed by atoms with Gasteiger partial charge in [-0.15, -0.1) is 5.10 Å². The highest BCUT2D eigenvalue weighted by Gasteiger charge is 2.05. The van der Waals surface area contributed by atoms with Crippen molar-refractivity contribution >= 4 is 27.4 Å². The highest BCUT2D eigenvalue weighted by atomic mass is 79.9. The number of hydrogen-bond acceptors (Lipinski definition) is 4. The van der Waals surface area contributed by atoms with Crippen LogP contribution in [0.4, 0.5) is 15.9 Å². The summed E-state index contributed by atoms with van der Waals surface area (Å²) in [6.45, 7) is 0. The predicted octanol–water partition coefficient (Wildman–Crippen LogP) is 2.99. The molecule has 1 N–H and O–H groups in total. The second-order valence-corrected chi connectivity index (χ2v) is 4.01. The van der Waals surface area contributed by atoms with Crippen molar-refractivity contribution in [2.75, 3.05) is 5.32 Å². The molecule has 6 heteroatoms. The Hall–Kier alpha value is -2.00. The van der Waals surface area contributed by atoms with Gasteiger partial charge in [0.25, 0.3) is 0 Å². The molecule has 2 rings (SSSR count). The van der Waals surface area contributed by atoms with Crippen molar-refractivity contribution in [3.63, 3.8) is 0 Å². The van der Waals surface area contributed by atoms with Crippen molar-refractivity contribution in [1.82, 2.24) is 10.2 Å². The van der Waals surface area contributed by atoms with Gasteiger partial charge in [0.2, 0.25) is 0 Å². The fraction of sp³-hybridized carbons (Fsp3) is 0. The van der Waals surface area contributed by atoms with Crippen LogP contribution >= 0.6 is 15.9 Å². The van der Waals surface area contributed by atoms with Crippen LogP contribution in [-0.2, 0) is 0 Å². The Balaban J connectivity index is 2.32. The van der Waals surface area contributed by atoms with Gasteiger partial charge >= 0.3 is 0 Å². The van der Waals surface area contributed by atoms with E-state index in [1.165, 1.54) is 18.3 Å². The summed E-state index contributed by atoms with van der Waals surface area (Å²) in [5.41, 5.74) is 0.853. The van der Waals surface area contributed by atoms with Gasteiger partial charge in [-0.05, 0) is 40.2 Å². The van der Waals surface area contributed by atoms with E-state index >= 15 is 0 Å². The molecule has 0 saturated heterocycles. The van der Waals surface area contributed by atoms with Crippen LogP contribution in [0.3, 0.4) is 0 Å². The quantitative estimate of drug-likeness (QED) is 0.924. The number of nitriles is 1. The molecule has 0 saturated carbocycles. The van der Waals surface area contributed by atoms with Crippen molar-refractivity contribution in [3.8, 4) is 6.07 Å². The van der Waals surface area contributed by atoms with Crippen LogP contribution in [0.25, 0.3) is 0 Å². The van der Waals surface area contributed by atoms with E-state index in [2.05, 4.69) is 31.4 Å². The first kappa shape index (κ1) is 11.5. The normalized spacial score (nSPS) is 9.71. The molecule has 0 bridgehead atoms. The summed E-state index contributed by atoms with van der Waals surface area (Å²) < 4.78 is 13.7. The minimum Gasteiger partial charge on any atom is -0.338 e. The number of aromatic nitrogens is 2. The zero-order valence-electron chi connectivity index (χ0n) is 8.48. The summed E-state index contributed by atoms with van der Waals surface area (Å²) in [5.74, 6) is -0.0888. The number of rotatable bonds is 2. The minimum absolute atomic E-state index is 0.303. The summed E-state index contributed by atoms with van der Waals surface area (Å²) in [6.07, 6.45) is 1.42. The van der Waals surface area contributed by atoms with E-state index in [1.807, 2.05) is 6.07 Å². The van der Waals surface area contributed by atoms with Crippen molar-refractivity contribution in [2.45, 2.75) is 0 Å². The van der Waals surface area contributed by atoms with Gasteiger partial charge in [-0.25, -0.2) is 4.39 Å². The number of benzene rings is 1. The van der Waals surface area contributed by atoms with Crippen LogP contribution in [0.15, 0.2) is 34.9 Å². The highest BCUT2D eigenvalue weighted by molar-refractivity contribution is 9.10. The number of nitrogens with zero attached hydrogens (tertiary/aromatic N) is 3. The third-order valence-corrected chi connectivity index (χ3v) is 2.67. The molecule has 0 amide bonds. The number of anilines is 2. The van der Waals surface area contributed by atoms with Gasteiger partial charge in [0, 0.05) is 5.69 Å². The van der Waals surface area contributed by atoms with E-state index in [0.29, 0.717) is 21.5 Å². The summed E-state index contributed by atoms with van der Waals surface area (Å²) in [5, 5.41) is 19.1. The van der Waals surface area contributed by atoms with Crippen molar-refractivity contribution in [2.24, 2.45) is 0 Å². The Bertz CT molecular complexity index is 594. The monoisotopic (exact) mass is 292 g/mol. The first-order valence-electron chi connectivity index (χ1n) is 4.64. The van der Waals surface area contributed by atoms with E-state index in [9.17, 15) is 4.39 Å². The van der Waals surface area contributed by atoms with Crippen molar-refractivity contribution in [3.05, 3.63) is 46.3 Å². The second kappa shape index (κ2) is 4.89. The van der Waals surface area contributed by atoms with Gasteiger partial charge < -0.3 is 5.32 Å². The van der Waals surface area contributed by atoms with E-state index in [0.717, 1.165) is 0 Å². The molecule has 0 atom stereocenters. The van der Waals surface area contributed by atoms with Crippen LogP contribution in [0.5, 0.6) is 0 Å². The van der Waals surface area contributed by atoms with Gasteiger partial charge in [-0.2, -0.15) is 10.4 Å². The number of nitrogens with one attached hydrogen (secondary N) is 1. The lowest BCUT2D eigenvalue weighted by Crippen LogP contribution is -1.98. The van der Waals surface area contributed by atoms with Crippen LogP contribution in [-0.4, -0.2) is 10.2 Å². The topological polar surface area (TPSA) is 61.6 Å². The smallest absolute Gasteiger partial charge is 0.171 e. The van der Waals surface area contributed by atoms with Crippen molar-refractivity contribution in [1.29, 1.82) is 5.26 Å². The Morgan fingerprint density at radius 3 is 2.88 bits per heavy atom. The third kappa shape index (κ3) is 2.57. The molecule has 1 aromatic carbocycles. The fourth-order valence-corrected chi connectivity index (χ4v) is 1.47. The van der Waals surface area contributed by atoms with Crippen LogP contribution in [0.1, 0.15) is 5.56 Å². The first-order valence-corrected chi connectivity index (χ1v) is 5.44. The van der Waals surface area contributed by atoms with Crippen LogP contribution in [0.2, 0.25) is 0 Å². The molecule has 1 aromatic heterocycles. The van der Waals surface area contributed by atoms with E-state index in [-0.39, 0.29) is 0 Å². The maximum Gasteiger partial charge on any atom is 0.171 e. The maximum atomic E-state index is 13.3. The van der Waals surface area contributed by atoms with Gasteiger partial charge in [0.15, 0.2) is 5.82 Å². The second-order valence-electron chi connectivity index (χ2n) is 3.16. The molecular formula is C11H6BrFN4. The molecule has 0 aliphatic carbocycles. The Labute approximate surface area is 105 Å². The van der Waals surface area contributed by atoms with Gasteiger partial charge in [0.1, 0.15) is 11.9 Å². The Morgan fingerprint density at radius 1 is 1.35 bits per heavy atom. The SMILES string of the molecule is N#Cc1ccnnc1Nc1ccc(Br)c(F)c1. The molecule has 0 unspecified atom stereocenters. The van der Waals surface area contributed by atoms with E-state index in [4.69, 9.17) is 5.26 Å². The standard InChI is InChI=1S/C11H6BrFN4/c12-9-2-1-8(5-10(9)13)16-11-7(6-14)3-4-15-17-11/h1-5H,(H,16,17). The molecule has 0 spiro atoms. The molecule has 4 nitrogen and oxygen atoms in total. The Morgan fingerprint density at radius 2 is 2.18 bits per heavy atom. The molecule has 17 heavy (non-hydrogen) atoms. The average Bonchev–Trinajstić information content (AvgIpc) is 2.34. The minimum atomic E-state index is -0.391. The third-order valence-electron chi connectivity index (χ3n) is 2.02. The van der Waals surface area contributed by atoms with Gasteiger partial charge in [-0.3, -0.25) is 0 Å². The molecule has 84 valence electrons. The van der Waals surface area contributed by atoms with Gasteiger partial charge in [0.05, 0.1) is 16.2 Å². The fourth-order valence-electron chi connectivity index (χ4n) is 1.22. The van der Waals surface area contributed by atoms with Crippen LogP contribution in [0, 0.1) is 17.1 Å². The zero-order valence-corrected chi connectivity index (χ0v) is 10.1. The lowest BCUT2D eigenvalue weighted by Gasteiger charge is -2.06. The first-order chi connectivity index (χ1) is 8.20. The lowest BCUT2D eigenvalue weighted by molar-refractivity contribution is 0.622. The highest BCUT2D eigenvalue weighted by Crippen LogP contribution is 2.22. The molecule has 0 aliphatic rings. The zero-order chi connectivity index (χ0) is 12.3. The molecular weight excluding hydrogens is 287 g/mol. The number of hydrogen-bond donors (Lipinski definition) is 1. The average molecular weight is 293 g/mol. The van der Waals surface area contributed by atoms with Crippen LogP contribution < -0.4 is 5.32 Å². The van der Waals surface area contributed by atoms with Crippen molar-refractivity contribution < 1.29 is 4.39 Å². The predicted molar refractivity (Wildman–Crippen MR) is 64.1 cm³/mol. The lowest BCUT2D eigenvalue weighted by atomic mass is 10.2. The molecule has 0 aliphatic heterocycles. The van der Waals surface area contributed by atoms with Gasteiger partial charge in [-0.1, -0.05) is 0 Å². The van der Waals surface area contributed by atoms with E-state index in [1.54, 1.807) is 12.1 Å². The summed E-state index contributed by atoms with van der Waals surface area (Å²) in [6, 6.07) is 8.05. The summed E-state index contributed by atoms with van der Waals surface area (Å²) in [4.78, 5) is 0. The Kier molecular flexibility index (Phi) is 3.30. The number of halogens is 2. The summed E-state index contributed by atoms with van der Waals surface area (Å²) >= 11 is 3.06. The maximum absolute atomic E-state index is 13.3. The summed E-state index contributed by atoms with van der Waals surface area (Å²) in [7, 11) is 0. The molecule has 1 heterocycles. The van der Waals surface area contributed by atoms with E-state index < -0.39 is 5.82 Å². The molecule has 0 radical (unpaired) electrons.